The van der Waals surface area contributed by atoms with Gasteiger partial charge in [-0.25, -0.2) is 4.39 Å². The van der Waals surface area contributed by atoms with Crippen molar-refractivity contribution in [2.24, 2.45) is 0 Å². The van der Waals surface area contributed by atoms with E-state index in [1.165, 1.54) is 28.5 Å². The molecule has 122 valence electrons. The summed E-state index contributed by atoms with van der Waals surface area (Å²) in [6.45, 7) is 0.569. The Morgan fingerprint density at radius 1 is 0.875 bits per heavy atom. The molecule has 0 saturated carbocycles. The van der Waals surface area contributed by atoms with Crippen LogP contribution in [0.25, 0.3) is 10.8 Å². The predicted molar refractivity (Wildman–Crippen MR) is 95.4 cm³/mol. The van der Waals surface area contributed by atoms with E-state index in [4.69, 9.17) is 0 Å². The zero-order valence-corrected chi connectivity index (χ0v) is 13.5. The molecule has 3 heteroatoms. The highest BCUT2D eigenvalue weighted by Gasteiger charge is 2.05. The quantitative estimate of drug-likeness (QED) is 0.722. The largest absolute Gasteiger partial charge is 0.356 e. The van der Waals surface area contributed by atoms with Gasteiger partial charge >= 0.3 is 0 Å². The average Bonchev–Trinajstić information content (AvgIpc) is 2.61. The number of carbonyl (C=O) groups excluding carboxylic acids is 1. The molecule has 1 amide bonds. The van der Waals surface area contributed by atoms with Gasteiger partial charge in [-0.2, -0.15) is 0 Å². The Hall–Kier alpha value is -2.68. The molecule has 0 aliphatic heterocycles. The molecule has 0 atom stereocenters. The Morgan fingerprint density at radius 2 is 1.62 bits per heavy atom. The third kappa shape index (κ3) is 4.19. The molecule has 0 aromatic heterocycles. The minimum atomic E-state index is -0.238. The lowest BCUT2D eigenvalue weighted by atomic mass is 10.0. The standard InChI is InChI=1S/C21H20FNO/c22-19-11-8-16(9-12-19)14-15-23-21(24)13-10-18-6-3-5-17-4-1-2-7-20(17)18/h1-9,11-12H,10,13-15H2,(H,23,24). The first-order valence-corrected chi connectivity index (χ1v) is 8.20. The highest BCUT2D eigenvalue weighted by Crippen LogP contribution is 2.19. The number of nitrogens with one attached hydrogen (secondary N) is 1. The van der Waals surface area contributed by atoms with E-state index in [0.29, 0.717) is 19.4 Å². The number of hydrogen-bond donors (Lipinski definition) is 1. The topological polar surface area (TPSA) is 29.1 Å². The van der Waals surface area contributed by atoms with Gasteiger partial charge in [0.2, 0.25) is 5.91 Å². The van der Waals surface area contributed by atoms with E-state index in [-0.39, 0.29) is 11.7 Å². The van der Waals surface area contributed by atoms with Gasteiger partial charge in [0.05, 0.1) is 0 Å². The van der Waals surface area contributed by atoms with Crippen LogP contribution in [0, 0.1) is 5.82 Å². The first kappa shape index (κ1) is 16.2. The average molecular weight is 321 g/mol. The lowest BCUT2D eigenvalue weighted by molar-refractivity contribution is -0.121. The Morgan fingerprint density at radius 3 is 2.46 bits per heavy atom. The fourth-order valence-electron chi connectivity index (χ4n) is 2.84. The fourth-order valence-corrected chi connectivity index (χ4v) is 2.84. The van der Waals surface area contributed by atoms with E-state index in [9.17, 15) is 9.18 Å². The van der Waals surface area contributed by atoms with Crippen LogP contribution in [0.15, 0.2) is 66.7 Å². The second-order valence-electron chi connectivity index (χ2n) is 5.86. The minimum absolute atomic E-state index is 0.0463. The monoisotopic (exact) mass is 321 g/mol. The number of rotatable bonds is 6. The Labute approximate surface area is 141 Å². The molecule has 0 radical (unpaired) electrons. The van der Waals surface area contributed by atoms with Gasteiger partial charge in [-0.1, -0.05) is 54.6 Å². The van der Waals surface area contributed by atoms with Crippen LogP contribution in [-0.4, -0.2) is 12.5 Å². The van der Waals surface area contributed by atoms with Gasteiger partial charge in [-0.3, -0.25) is 4.79 Å². The molecule has 0 unspecified atom stereocenters. The van der Waals surface area contributed by atoms with Gasteiger partial charge in [0.25, 0.3) is 0 Å². The normalized spacial score (nSPS) is 10.7. The zero-order chi connectivity index (χ0) is 16.8. The lowest BCUT2D eigenvalue weighted by Gasteiger charge is -2.08. The van der Waals surface area contributed by atoms with Crippen molar-refractivity contribution >= 4 is 16.7 Å². The van der Waals surface area contributed by atoms with E-state index in [1.54, 1.807) is 12.1 Å². The second kappa shape index (κ2) is 7.73. The molecule has 3 aromatic carbocycles. The van der Waals surface area contributed by atoms with Crippen molar-refractivity contribution in [1.82, 2.24) is 5.32 Å². The molecule has 3 rings (SSSR count). The van der Waals surface area contributed by atoms with E-state index in [0.717, 1.165) is 12.0 Å². The molecule has 0 aliphatic carbocycles. The number of halogens is 1. The van der Waals surface area contributed by atoms with E-state index < -0.39 is 0 Å². The molecule has 0 spiro atoms. The number of aryl methyl sites for hydroxylation is 1. The molecule has 0 saturated heterocycles. The smallest absolute Gasteiger partial charge is 0.220 e. The third-order valence-corrected chi connectivity index (χ3v) is 4.15. The first-order chi connectivity index (χ1) is 11.7. The van der Waals surface area contributed by atoms with Gasteiger partial charge in [-0.05, 0) is 46.9 Å². The molecule has 0 heterocycles. The van der Waals surface area contributed by atoms with Gasteiger partial charge < -0.3 is 5.32 Å². The summed E-state index contributed by atoms with van der Waals surface area (Å²) >= 11 is 0. The van der Waals surface area contributed by atoms with Crippen LogP contribution in [0.4, 0.5) is 4.39 Å². The van der Waals surface area contributed by atoms with Crippen molar-refractivity contribution in [3.8, 4) is 0 Å². The van der Waals surface area contributed by atoms with Crippen molar-refractivity contribution in [2.75, 3.05) is 6.54 Å². The number of benzene rings is 3. The first-order valence-electron chi connectivity index (χ1n) is 8.20. The maximum Gasteiger partial charge on any atom is 0.220 e. The van der Waals surface area contributed by atoms with E-state index in [1.807, 2.05) is 18.2 Å². The molecule has 2 nitrogen and oxygen atoms in total. The molecular weight excluding hydrogens is 301 g/mol. The summed E-state index contributed by atoms with van der Waals surface area (Å²) in [4.78, 5) is 12.0. The zero-order valence-electron chi connectivity index (χ0n) is 13.5. The van der Waals surface area contributed by atoms with Gasteiger partial charge in [0, 0.05) is 13.0 Å². The number of carbonyl (C=O) groups is 1. The summed E-state index contributed by atoms with van der Waals surface area (Å²) in [5, 5.41) is 5.34. The summed E-state index contributed by atoms with van der Waals surface area (Å²) in [7, 11) is 0. The molecule has 24 heavy (non-hydrogen) atoms. The van der Waals surface area contributed by atoms with Gasteiger partial charge in [0.15, 0.2) is 0 Å². The number of amides is 1. The van der Waals surface area contributed by atoms with E-state index in [2.05, 4.69) is 29.6 Å². The molecular formula is C21H20FNO. The molecule has 1 N–H and O–H groups in total. The van der Waals surface area contributed by atoms with Crippen molar-refractivity contribution in [3.05, 3.63) is 83.7 Å². The Kier molecular flexibility index (Phi) is 5.22. The minimum Gasteiger partial charge on any atom is -0.356 e. The Bertz CT molecular complexity index is 821. The van der Waals surface area contributed by atoms with Crippen LogP contribution in [0.1, 0.15) is 17.5 Å². The van der Waals surface area contributed by atoms with Crippen LogP contribution in [0.2, 0.25) is 0 Å². The molecule has 0 fully saturated rings. The summed E-state index contributed by atoms with van der Waals surface area (Å²) in [5.41, 5.74) is 2.22. The summed E-state index contributed by atoms with van der Waals surface area (Å²) in [5.74, 6) is -0.192. The predicted octanol–water partition coefficient (Wildman–Crippen LogP) is 4.27. The molecule has 0 bridgehead atoms. The van der Waals surface area contributed by atoms with Crippen LogP contribution in [0.5, 0.6) is 0 Å². The maximum atomic E-state index is 12.8. The number of hydrogen-bond acceptors (Lipinski definition) is 1. The maximum absolute atomic E-state index is 12.8. The number of fused-ring (bicyclic) bond motifs is 1. The van der Waals surface area contributed by atoms with E-state index >= 15 is 0 Å². The van der Waals surface area contributed by atoms with Crippen molar-refractivity contribution in [2.45, 2.75) is 19.3 Å². The van der Waals surface area contributed by atoms with Gasteiger partial charge in [-0.15, -0.1) is 0 Å². The molecule has 3 aromatic rings. The van der Waals surface area contributed by atoms with Crippen LogP contribution >= 0.6 is 0 Å². The molecule has 0 aliphatic rings. The van der Waals surface area contributed by atoms with Crippen LogP contribution in [0.3, 0.4) is 0 Å². The Balaban J connectivity index is 1.49. The van der Waals surface area contributed by atoms with Crippen molar-refractivity contribution in [3.63, 3.8) is 0 Å². The second-order valence-corrected chi connectivity index (χ2v) is 5.86. The fraction of sp³-hybridized carbons (Fsp3) is 0.190. The summed E-state index contributed by atoms with van der Waals surface area (Å²) in [6, 6.07) is 20.8. The van der Waals surface area contributed by atoms with Crippen LogP contribution in [-0.2, 0) is 17.6 Å². The highest BCUT2D eigenvalue weighted by molar-refractivity contribution is 5.86. The van der Waals surface area contributed by atoms with Crippen molar-refractivity contribution < 1.29 is 9.18 Å². The summed E-state index contributed by atoms with van der Waals surface area (Å²) < 4.78 is 12.8. The SMILES string of the molecule is O=C(CCc1cccc2ccccc12)NCCc1ccc(F)cc1. The van der Waals surface area contributed by atoms with Gasteiger partial charge in [0.1, 0.15) is 5.82 Å². The van der Waals surface area contributed by atoms with Crippen molar-refractivity contribution in [1.29, 1.82) is 0 Å². The lowest BCUT2D eigenvalue weighted by Crippen LogP contribution is -2.25. The third-order valence-electron chi connectivity index (χ3n) is 4.15. The van der Waals surface area contributed by atoms with Crippen LogP contribution < -0.4 is 5.32 Å². The highest BCUT2D eigenvalue weighted by atomic mass is 19.1. The summed E-state index contributed by atoms with van der Waals surface area (Å²) in [6.07, 6.45) is 1.90.